The number of aryl methyl sites for hydroxylation is 1. The third-order valence-electron chi connectivity index (χ3n) is 2.94. The summed E-state index contributed by atoms with van der Waals surface area (Å²) in [5, 5.41) is 12.5. The lowest BCUT2D eigenvalue weighted by molar-refractivity contribution is -0.124. The van der Waals surface area contributed by atoms with Crippen LogP contribution >= 0.6 is 0 Å². The first-order chi connectivity index (χ1) is 8.93. The number of nitrogens with one attached hydrogen (secondary N) is 1. The summed E-state index contributed by atoms with van der Waals surface area (Å²) in [5.74, 6) is 1.29. The smallest absolute Gasteiger partial charge is 0.223 e. The van der Waals surface area contributed by atoms with Gasteiger partial charge in [-0.25, -0.2) is 0 Å². The molecular formula is C14H23NO4. The van der Waals surface area contributed by atoms with Crippen molar-refractivity contribution in [1.82, 2.24) is 5.32 Å². The molecule has 0 aliphatic rings. The van der Waals surface area contributed by atoms with E-state index in [0.717, 1.165) is 5.76 Å². The molecule has 1 amide bonds. The first kappa shape index (κ1) is 15.7. The Labute approximate surface area is 113 Å². The van der Waals surface area contributed by atoms with Crippen LogP contribution in [0.4, 0.5) is 0 Å². The van der Waals surface area contributed by atoms with E-state index in [2.05, 4.69) is 5.32 Å². The third-order valence-corrected chi connectivity index (χ3v) is 2.94. The predicted molar refractivity (Wildman–Crippen MR) is 71.7 cm³/mol. The number of carbonyl (C=O) groups is 1. The van der Waals surface area contributed by atoms with Gasteiger partial charge in [0.2, 0.25) is 5.91 Å². The number of carbonyl (C=O) groups excluding carboxylic acids is 1. The molecule has 0 saturated carbocycles. The molecule has 1 aromatic heterocycles. The van der Waals surface area contributed by atoms with E-state index in [1.807, 2.05) is 32.9 Å². The Balaban J connectivity index is 2.61. The maximum absolute atomic E-state index is 11.9. The van der Waals surface area contributed by atoms with Gasteiger partial charge in [-0.2, -0.15) is 0 Å². The van der Waals surface area contributed by atoms with E-state index in [9.17, 15) is 9.90 Å². The number of methoxy groups -OCH3 is 1. The van der Waals surface area contributed by atoms with Crippen LogP contribution in [0.2, 0.25) is 0 Å². The van der Waals surface area contributed by atoms with Crippen LogP contribution in [0.15, 0.2) is 16.5 Å². The largest absolute Gasteiger partial charge is 0.464 e. The minimum atomic E-state index is -0.637. The maximum atomic E-state index is 11.9. The van der Waals surface area contributed by atoms with Gasteiger partial charge in [-0.05, 0) is 25.0 Å². The van der Waals surface area contributed by atoms with Crippen LogP contribution in [0.3, 0.4) is 0 Å². The molecule has 1 rings (SSSR count). The molecule has 1 heterocycles. The van der Waals surface area contributed by atoms with Crippen molar-refractivity contribution >= 4 is 5.91 Å². The van der Waals surface area contributed by atoms with Crippen molar-refractivity contribution in [3.63, 3.8) is 0 Å². The van der Waals surface area contributed by atoms with E-state index in [1.54, 1.807) is 7.11 Å². The topological polar surface area (TPSA) is 71.7 Å². The summed E-state index contributed by atoms with van der Waals surface area (Å²) in [6.07, 6.45) is -0.557. The van der Waals surface area contributed by atoms with Gasteiger partial charge in [0.15, 0.2) is 0 Å². The molecule has 5 nitrogen and oxygen atoms in total. The van der Waals surface area contributed by atoms with Gasteiger partial charge in [0.1, 0.15) is 17.6 Å². The summed E-state index contributed by atoms with van der Waals surface area (Å²) in [5.41, 5.74) is 0. The molecule has 0 spiro atoms. The zero-order valence-electron chi connectivity index (χ0n) is 12.0. The Morgan fingerprint density at radius 1 is 1.47 bits per heavy atom. The molecule has 19 heavy (non-hydrogen) atoms. The van der Waals surface area contributed by atoms with E-state index in [0.29, 0.717) is 12.4 Å². The summed E-state index contributed by atoms with van der Waals surface area (Å²) in [4.78, 5) is 11.9. The third kappa shape index (κ3) is 5.04. The fraction of sp³-hybridized carbons (Fsp3) is 0.643. The fourth-order valence-corrected chi connectivity index (χ4v) is 1.68. The van der Waals surface area contributed by atoms with Crippen molar-refractivity contribution in [2.24, 2.45) is 5.92 Å². The number of aliphatic hydroxyl groups is 1. The lowest BCUT2D eigenvalue weighted by atomic mass is 10.0. The fourth-order valence-electron chi connectivity index (χ4n) is 1.68. The minimum absolute atomic E-state index is 0.0532. The Morgan fingerprint density at radius 3 is 2.63 bits per heavy atom. The average molecular weight is 269 g/mol. The molecule has 0 fully saturated rings. The van der Waals surface area contributed by atoms with Crippen LogP contribution in [0.1, 0.15) is 37.8 Å². The second-order valence-corrected chi connectivity index (χ2v) is 5.04. The molecule has 2 unspecified atom stereocenters. The second-order valence-electron chi connectivity index (χ2n) is 5.04. The van der Waals surface area contributed by atoms with Gasteiger partial charge in [0, 0.05) is 7.11 Å². The van der Waals surface area contributed by atoms with E-state index in [-0.39, 0.29) is 24.3 Å². The van der Waals surface area contributed by atoms with E-state index in [4.69, 9.17) is 9.15 Å². The second kappa shape index (κ2) is 7.31. The highest BCUT2D eigenvalue weighted by Crippen LogP contribution is 2.17. The number of furan rings is 1. The Bertz CT molecular complexity index is 400. The highest BCUT2D eigenvalue weighted by molar-refractivity contribution is 5.76. The molecule has 0 aromatic carbocycles. The van der Waals surface area contributed by atoms with Crippen molar-refractivity contribution in [1.29, 1.82) is 0 Å². The number of rotatable bonds is 7. The molecule has 0 aliphatic heterocycles. The molecule has 108 valence electrons. The maximum Gasteiger partial charge on any atom is 0.223 e. The number of hydrogen-bond acceptors (Lipinski definition) is 4. The monoisotopic (exact) mass is 269 g/mol. The van der Waals surface area contributed by atoms with Gasteiger partial charge in [0.25, 0.3) is 0 Å². The van der Waals surface area contributed by atoms with Crippen LogP contribution < -0.4 is 5.32 Å². The summed E-state index contributed by atoms with van der Waals surface area (Å²) >= 11 is 0. The SMILES string of the molecule is COCC(NC(=O)CC(O)C(C)C)c1ccc(C)o1. The Hall–Kier alpha value is -1.33. The van der Waals surface area contributed by atoms with Gasteiger partial charge < -0.3 is 19.6 Å². The van der Waals surface area contributed by atoms with Crippen molar-refractivity contribution in [3.8, 4) is 0 Å². The number of amides is 1. The zero-order valence-corrected chi connectivity index (χ0v) is 12.0. The highest BCUT2D eigenvalue weighted by Gasteiger charge is 2.20. The molecule has 5 heteroatoms. The van der Waals surface area contributed by atoms with Crippen molar-refractivity contribution in [2.75, 3.05) is 13.7 Å². The van der Waals surface area contributed by atoms with Crippen LogP contribution in [0.25, 0.3) is 0 Å². The van der Waals surface area contributed by atoms with Crippen LogP contribution in [-0.2, 0) is 9.53 Å². The summed E-state index contributed by atoms with van der Waals surface area (Å²) in [6.45, 7) is 5.93. The van der Waals surface area contributed by atoms with Gasteiger partial charge in [-0.1, -0.05) is 13.8 Å². The molecule has 0 aliphatic carbocycles. The lowest BCUT2D eigenvalue weighted by Crippen LogP contribution is -2.34. The Morgan fingerprint density at radius 2 is 2.16 bits per heavy atom. The number of ether oxygens (including phenoxy) is 1. The highest BCUT2D eigenvalue weighted by atomic mass is 16.5. The van der Waals surface area contributed by atoms with E-state index in [1.165, 1.54) is 0 Å². The average Bonchev–Trinajstić information content (AvgIpc) is 2.75. The summed E-state index contributed by atoms with van der Waals surface area (Å²) in [6, 6.07) is 3.33. The van der Waals surface area contributed by atoms with Gasteiger partial charge in [-0.3, -0.25) is 4.79 Å². The van der Waals surface area contributed by atoms with Crippen molar-refractivity contribution in [3.05, 3.63) is 23.7 Å². The molecule has 0 bridgehead atoms. The minimum Gasteiger partial charge on any atom is -0.464 e. The van der Waals surface area contributed by atoms with E-state index >= 15 is 0 Å². The number of hydrogen-bond donors (Lipinski definition) is 2. The lowest BCUT2D eigenvalue weighted by Gasteiger charge is -2.18. The molecule has 0 saturated heterocycles. The van der Waals surface area contributed by atoms with Crippen LogP contribution in [0, 0.1) is 12.8 Å². The normalized spacial score (nSPS) is 14.4. The van der Waals surface area contributed by atoms with Crippen molar-refractivity contribution < 1.29 is 19.1 Å². The van der Waals surface area contributed by atoms with Crippen LogP contribution in [-0.4, -0.2) is 30.8 Å². The molecular weight excluding hydrogens is 246 g/mol. The molecule has 0 radical (unpaired) electrons. The van der Waals surface area contributed by atoms with E-state index < -0.39 is 6.10 Å². The first-order valence-corrected chi connectivity index (χ1v) is 6.46. The quantitative estimate of drug-likeness (QED) is 0.791. The van der Waals surface area contributed by atoms with Crippen molar-refractivity contribution in [2.45, 2.75) is 39.3 Å². The van der Waals surface area contributed by atoms with Gasteiger partial charge in [-0.15, -0.1) is 0 Å². The number of aliphatic hydroxyl groups excluding tert-OH is 1. The molecule has 2 atom stereocenters. The van der Waals surface area contributed by atoms with Gasteiger partial charge in [0.05, 0.1) is 19.1 Å². The van der Waals surface area contributed by atoms with Gasteiger partial charge >= 0.3 is 0 Å². The predicted octanol–water partition coefficient (Wildman–Crippen LogP) is 1.80. The summed E-state index contributed by atoms with van der Waals surface area (Å²) < 4.78 is 10.6. The first-order valence-electron chi connectivity index (χ1n) is 6.46. The standard InChI is InChI=1S/C14H23NO4/c1-9(2)12(16)7-14(17)15-11(8-18-4)13-6-5-10(3)19-13/h5-6,9,11-12,16H,7-8H2,1-4H3,(H,15,17). The molecule has 1 aromatic rings. The Kier molecular flexibility index (Phi) is 6.05. The summed E-state index contributed by atoms with van der Waals surface area (Å²) in [7, 11) is 1.57. The zero-order chi connectivity index (χ0) is 14.4. The molecule has 2 N–H and O–H groups in total. The van der Waals surface area contributed by atoms with Crippen LogP contribution in [0.5, 0.6) is 0 Å².